The molecule has 0 atom stereocenters. The minimum absolute atomic E-state index is 0.0581. The van der Waals surface area contributed by atoms with Crippen LogP contribution in [-0.4, -0.2) is 53.4 Å². The van der Waals surface area contributed by atoms with Crippen LogP contribution in [0.4, 0.5) is 0 Å². The Balaban J connectivity index is 1.71. The van der Waals surface area contributed by atoms with Crippen LogP contribution < -0.4 is 5.56 Å². The Hall–Kier alpha value is -1.86. The summed E-state index contributed by atoms with van der Waals surface area (Å²) in [5.41, 5.74) is 0.614. The Morgan fingerprint density at radius 3 is 2.79 bits per heavy atom. The highest BCUT2D eigenvalue weighted by Gasteiger charge is 2.19. The zero-order valence-corrected chi connectivity index (χ0v) is 18.2. The molecule has 2 aromatic rings. The summed E-state index contributed by atoms with van der Waals surface area (Å²) in [6.45, 7) is 1.93. The van der Waals surface area contributed by atoms with Crippen molar-refractivity contribution >= 4 is 28.6 Å². The van der Waals surface area contributed by atoms with Gasteiger partial charge >= 0.3 is 0 Å². The van der Waals surface area contributed by atoms with E-state index in [-0.39, 0.29) is 17.2 Å². The van der Waals surface area contributed by atoms with Gasteiger partial charge in [-0.2, -0.15) is 0 Å². The number of methoxy groups -OCH3 is 1. The fourth-order valence-electron chi connectivity index (χ4n) is 3.92. The van der Waals surface area contributed by atoms with Crippen molar-refractivity contribution in [2.45, 2.75) is 50.2 Å². The molecule has 0 bridgehead atoms. The topological polar surface area (TPSA) is 64.4 Å². The molecule has 3 rings (SSSR count). The molecule has 1 saturated carbocycles. The molecule has 6 nitrogen and oxygen atoms in total. The quantitative estimate of drug-likeness (QED) is 0.355. The van der Waals surface area contributed by atoms with Gasteiger partial charge in [0.15, 0.2) is 5.16 Å². The number of ether oxygens (including phenoxy) is 1. The van der Waals surface area contributed by atoms with Gasteiger partial charge in [0, 0.05) is 33.9 Å². The number of carbonyl (C=O) groups is 1. The van der Waals surface area contributed by atoms with Gasteiger partial charge in [0.25, 0.3) is 5.56 Å². The van der Waals surface area contributed by atoms with Crippen molar-refractivity contribution < 1.29 is 9.53 Å². The van der Waals surface area contributed by atoms with Crippen LogP contribution in [-0.2, 0) is 16.1 Å². The van der Waals surface area contributed by atoms with Gasteiger partial charge in [-0.1, -0.05) is 43.2 Å². The summed E-state index contributed by atoms with van der Waals surface area (Å²) >= 11 is 1.35. The molecule has 1 amide bonds. The molecule has 1 aliphatic rings. The summed E-state index contributed by atoms with van der Waals surface area (Å²) in [4.78, 5) is 32.2. The van der Waals surface area contributed by atoms with Crippen molar-refractivity contribution in [2.24, 2.45) is 5.92 Å². The molecule has 0 aliphatic heterocycles. The fraction of sp³-hybridized carbons (Fsp3) is 0.591. The highest BCUT2D eigenvalue weighted by Crippen LogP contribution is 2.25. The van der Waals surface area contributed by atoms with Crippen molar-refractivity contribution in [1.82, 2.24) is 14.5 Å². The zero-order chi connectivity index (χ0) is 20.6. The molecule has 158 valence electrons. The number of amides is 1. The van der Waals surface area contributed by atoms with Gasteiger partial charge in [-0.05, 0) is 37.3 Å². The molecule has 1 fully saturated rings. The number of fused-ring (bicyclic) bond motifs is 1. The normalized spacial score (nSPS) is 15.0. The van der Waals surface area contributed by atoms with Crippen LogP contribution in [0.1, 0.15) is 38.5 Å². The SMILES string of the molecule is COCCCn1c(SCC(=O)N(C)CC2CCCCC2)nc2ccccc2c1=O. The number of benzene rings is 1. The number of para-hydroxylation sites is 1. The lowest BCUT2D eigenvalue weighted by molar-refractivity contribution is -0.127. The Morgan fingerprint density at radius 2 is 2.03 bits per heavy atom. The van der Waals surface area contributed by atoms with Crippen LogP contribution in [0.3, 0.4) is 0 Å². The highest BCUT2D eigenvalue weighted by molar-refractivity contribution is 7.99. The summed E-state index contributed by atoms with van der Waals surface area (Å²) in [6.07, 6.45) is 7.02. The molecular formula is C22H31N3O3S. The Kier molecular flexibility index (Phi) is 8.12. The van der Waals surface area contributed by atoms with Crippen molar-refractivity contribution in [2.75, 3.05) is 33.1 Å². The second kappa shape index (κ2) is 10.8. The van der Waals surface area contributed by atoms with E-state index in [0.717, 1.165) is 13.0 Å². The molecule has 0 N–H and O–H groups in total. The van der Waals surface area contributed by atoms with Crippen molar-refractivity contribution in [3.8, 4) is 0 Å². The molecule has 29 heavy (non-hydrogen) atoms. The first kappa shape index (κ1) is 21.8. The highest BCUT2D eigenvalue weighted by atomic mass is 32.2. The lowest BCUT2D eigenvalue weighted by atomic mass is 9.89. The van der Waals surface area contributed by atoms with Gasteiger partial charge in [-0.25, -0.2) is 4.98 Å². The second-order valence-electron chi connectivity index (χ2n) is 7.78. The van der Waals surface area contributed by atoms with E-state index >= 15 is 0 Å². The molecule has 1 aliphatic carbocycles. The van der Waals surface area contributed by atoms with Crippen molar-refractivity contribution in [3.63, 3.8) is 0 Å². The molecule has 0 radical (unpaired) electrons. The van der Waals surface area contributed by atoms with Crippen LogP contribution in [0.15, 0.2) is 34.2 Å². The van der Waals surface area contributed by atoms with Gasteiger partial charge in [-0.3, -0.25) is 14.2 Å². The standard InChI is InChI=1S/C22H31N3O3S/c1-24(15-17-9-4-3-5-10-17)20(26)16-29-22-23-19-12-7-6-11-18(19)21(27)25(22)13-8-14-28-2/h6-7,11-12,17H,3-5,8-10,13-16H2,1-2H3. The van der Waals surface area contributed by atoms with E-state index in [1.54, 1.807) is 17.7 Å². The van der Waals surface area contributed by atoms with E-state index in [9.17, 15) is 9.59 Å². The summed E-state index contributed by atoms with van der Waals surface area (Å²) in [7, 11) is 3.54. The average Bonchev–Trinajstić information content (AvgIpc) is 2.74. The van der Waals surface area contributed by atoms with E-state index < -0.39 is 0 Å². The third kappa shape index (κ3) is 5.82. The summed E-state index contributed by atoms with van der Waals surface area (Å²) in [5, 5.41) is 1.21. The minimum Gasteiger partial charge on any atom is -0.385 e. The zero-order valence-electron chi connectivity index (χ0n) is 17.4. The van der Waals surface area contributed by atoms with Gasteiger partial charge in [-0.15, -0.1) is 0 Å². The first-order valence-corrected chi connectivity index (χ1v) is 11.4. The maximum atomic E-state index is 13.0. The van der Waals surface area contributed by atoms with E-state index in [0.29, 0.717) is 35.1 Å². The monoisotopic (exact) mass is 417 g/mol. The molecule has 0 saturated heterocycles. The Morgan fingerprint density at radius 1 is 1.28 bits per heavy atom. The summed E-state index contributed by atoms with van der Waals surface area (Å²) < 4.78 is 6.81. The molecule has 1 aromatic heterocycles. The number of hydrogen-bond acceptors (Lipinski definition) is 5. The largest absolute Gasteiger partial charge is 0.385 e. The predicted molar refractivity (Wildman–Crippen MR) is 117 cm³/mol. The molecular weight excluding hydrogens is 386 g/mol. The van der Waals surface area contributed by atoms with Crippen LogP contribution in [0.25, 0.3) is 10.9 Å². The van der Waals surface area contributed by atoms with Gasteiger partial charge in [0.1, 0.15) is 0 Å². The average molecular weight is 418 g/mol. The van der Waals surface area contributed by atoms with Crippen LogP contribution in [0.5, 0.6) is 0 Å². The van der Waals surface area contributed by atoms with Crippen LogP contribution >= 0.6 is 11.8 Å². The van der Waals surface area contributed by atoms with E-state index in [2.05, 4.69) is 4.98 Å². The maximum absolute atomic E-state index is 13.0. The number of hydrogen-bond donors (Lipinski definition) is 0. The third-order valence-electron chi connectivity index (χ3n) is 5.56. The van der Waals surface area contributed by atoms with Crippen molar-refractivity contribution in [1.29, 1.82) is 0 Å². The molecule has 0 unspecified atom stereocenters. The minimum atomic E-state index is -0.0581. The first-order chi connectivity index (χ1) is 14.1. The molecule has 1 aromatic carbocycles. The number of carbonyl (C=O) groups excluding carboxylic acids is 1. The third-order valence-corrected chi connectivity index (χ3v) is 6.53. The molecule has 0 spiro atoms. The number of nitrogens with zero attached hydrogens (tertiary/aromatic N) is 3. The van der Waals surface area contributed by atoms with Crippen LogP contribution in [0.2, 0.25) is 0 Å². The van der Waals surface area contributed by atoms with Crippen molar-refractivity contribution in [3.05, 3.63) is 34.6 Å². The molecule has 7 heteroatoms. The van der Waals surface area contributed by atoms with E-state index in [4.69, 9.17) is 4.74 Å². The number of thioether (sulfide) groups is 1. The maximum Gasteiger partial charge on any atom is 0.262 e. The van der Waals surface area contributed by atoms with Gasteiger partial charge in [0.2, 0.25) is 5.91 Å². The Labute approximate surface area is 176 Å². The predicted octanol–water partition coefficient (Wildman–Crippen LogP) is 3.56. The summed E-state index contributed by atoms with van der Waals surface area (Å²) in [6, 6.07) is 7.37. The van der Waals surface area contributed by atoms with Crippen LogP contribution in [0, 0.1) is 5.92 Å². The lowest BCUT2D eigenvalue weighted by Crippen LogP contribution is -2.34. The number of rotatable bonds is 9. The van der Waals surface area contributed by atoms with Gasteiger partial charge in [0.05, 0.1) is 16.7 Å². The van der Waals surface area contributed by atoms with E-state index in [1.165, 1.54) is 43.9 Å². The smallest absolute Gasteiger partial charge is 0.262 e. The summed E-state index contributed by atoms with van der Waals surface area (Å²) in [5.74, 6) is 0.998. The number of aromatic nitrogens is 2. The Bertz CT molecular complexity index is 877. The lowest BCUT2D eigenvalue weighted by Gasteiger charge is -2.27. The second-order valence-corrected chi connectivity index (χ2v) is 8.72. The molecule has 1 heterocycles. The first-order valence-electron chi connectivity index (χ1n) is 10.5. The van der Waals surface area contributed by atoms with Gasteiger partial charge < -0.3 is 9.64 Å². The van der Waals surface area contributed by atoms with E-state index in [1.807, 2.05) is 30.1 Å². The fourth-order valence-corrected chi connectivity index (χ4v) is 4.88.